The van der Waals surface area contributed by atoms with Gasteiger partial charge in [-0.3, -0.25) is 14.5 Å². The molecule has 3 aromatic rings. The normalized spacial score (nSPS) is 17.3. The molecule has 7 heteroatoms. The molecule has 0 aliphatic carbocycles. The summed E-state index contributed by atoms with van der Waals surface area (Å²) in [6, 6.07) is 16.9. The maximum atomic E-state index is 13.5. The summed E-state index contributed by atoms with van der Waals surface area (Å²) < 4.78 is 10.7. The van der Waals surface area contributed by atoms with Gasteiger partial charge in [0, 0.05) is 16.8 Å². The number of carbonyl (C=O) groups is 2. The first kappa shape index (κ1) is 26.3. The summed E-state index contributed by atoms with van der Waals surface area (Å²) in [4.78, 5) is 28.4. The molecule has 0 bridgehead atoms. The second-order valence-electron chi connectivity index (χ2n) is 10.0. The van der Waals surface area contributed by atoms with E-state index >= 15 is 0 Å². The number of aryl methyl sites for hydroxylation is 1. The number of ether oxygens (including phenoxy) is 2. The fraction of sp³-hybridized carbons (Fsp3) is 0.267. The molecule has 1 N–H and O–H groups in total. The summed E-state index contributed by atoms with van der Waals surface area (Å²) in [7, 11) is 2.99. The number of methoxy groups -OCH3 is 2. The number of amides is 1. The standard InChI is InChI=1S/C30H30ClNO5/c1-17-15-20(31)11-14-23(17)32-26(18-7-9-19(10-8-18)30(2,3)4)25(28(34)29(32)35)27(33)22-13-12-21(36-5)16-24(22)37-6/h7-16,26,33H,1-6H3/b27-25-. The third-order valence-corrected chi connectivity index (χ3v) is 6.85. The molecule has 1 fully saturated rings. The van der Waals surface area contributed by atoms with Gasteiger partial charge in [0.15, 0.2) is 0 Å². The van der Waals surface area contributed by atoms with Gasteiger partial charge in [-0.1, -0.05) is 56.6 Å². The minimum atomic E-state index is -0.860. The van der Waals surface area contributed by atoms with Crippen LogP contribution >= 0.6 is 11.6 Å². The van der Waals surface area contributed by atoms with E-state index in [1.165, 1.54) is 19.1 Å². The average Bonchev–Trinajstić information content (AvgIpc) is 3.13. The number of benzene rings is 3. The highest BCUT2D eigenvalue weighted by atomic mass is 35.5. The second-order valence-corrected chi connectivity index (χ2v) is 10.5. The lowest BCUT2D eigenvalue weighted by Crippen LogP contribution is -2.30. The molecular formula is C30H30ClNO5. The van der Waals surface area contributed by atoms with Crippen molar-refractivity contribution in [1.82, 2.24) is 0 Å². The Morgan fingerprint density at radius 2 is 1.62 bits per heavy atom. The van der Waals surface area contributed by atoms with Gasteiger partial charge >= 0.3 is 0 Å². The Balaban J connectivity index is 1.98. The summed E-state index contributed by atoms with van der Waals surface area (Å²) in [5.74, 6) is -0.997. The summed E-state index contributed by atoms with van der Waals surface area (Å²) in [5, 5.41) is 12.0. The highest BCUT2D eigenvalue weighted by Crippen LogP contribution is 2.45. The van der Waals surface area contributed by atoms with Crippen LogP contribution in [0.4, 0.5) is 5.69 Å². The van der Waals surface area contributed by atoms with Crippen molar-refractivity contribution >= 4 is 34.7 Å². The molecule has 1 aliphatic rings. The van der Waals surface area contributed by atoms with Gasteiger partial charge in [-0.05, 0) is 59.4 Å². The van der Waals surface area contributed by atoms with Gasteiger partial charge in [0.2, 0.25) is 0 Å². The van der Waals surface area contributed by atoms with Gasteiger partial charge in [-0.25, -0.2) is 0 Å². The quantitative estimate of drug-likeness (QED) is 0.234. The maximum Gasteiger partial charge on any atom is 0.300 e. The van der Waals surface area contributed by atoms with E-state index in [4.69, 9.17) is 21.1 Å². The van der Waals surface area contributed by atoms with Crippen LogP contribution in [-0.4, -0.2) is 31.0 Å². The van der Waals surface area contributed by atoms with E-state index in [0.29, 0.717) is 27.8 Å². The van der Waals surface area contributed by atoms with Crippen molar-refractivity contribution in [2.75, 3.05) is 19.1 Å². The molecule has 37 heavy (non-hydrogen) atoms. The van der Waals surface area contributed by atoms with Crippen molar-refractivity contribution in [3.63, 3.8) is 0 Å². The molecule has 1 unspecified atom stereocenters. The minimum absolute atomic E-state index is 0.0219. The summed E-state index contributed by atoms with van der Waals surface area (Å²) >= 11 is 6.18. The van der Waals surface area contributed by atoms with E-state index in [9.17, 15) is 14.7 Å². The van der Waals surface area contributed by atoms with E-state index < -0.39 is 17.7 Å². The van der Waals surface area contributed by atoms with Crippen molar-refractivity contribution in [2.24, 2.45) is 0 Å². The Bertz CT molecular complexity index is 1400. The van der Waals surface area contributed by atoms with Gasteiger partial charge in [0.1, 0.15) is 17.3 Å². The third kappa shape index (κ3) is 4.81. The number of hydrogen-bond acceptors (Lipinski definition) is 5. The zero-order chi connectivity index (χ0) is 27.1. The van der Waals surface area contributed by atoms with E-state index in [2.05, 4.69) is 20.8 Å². The van der Waals surface area contributed by atoms with Crippen LogP contribution in [-0.2, 0) is 15.0 Å². The van der Waals surface area contributed by atoms with Crippen LogP contribution in [0.15, 0.2) is 66.2 Å². The molecule has 1 heterocycles. The van der Waals surface area contributed by atoms with Gasteiger partial charge in [0.25, 0.3) is 11.7 Å². The molecule has 4 rings (SSSR count). The van der Waals surface area contributed by atoms with Crippen LogP contribution in [0.3, 0.4) is 0 Å². The van der Waals surface area contributed by atoms with E-state index in [-0.39, 0.29) is 22.3 Å². The predicted octanol–water partition coefficient (Wildman–Crippen LogP) is 6.59. The number of anilines is 1. The number of halogens is 1. The van der Waals surface area contributed by atoms with Crippen molar-refractivity contribution in [3.05, 3.63) is 93.5 Å². The zero-order valence-corrected chi connectivity index (χ0v) is 22.5. The number of aliphatic hydroxyl groups is 1. The smallest absolute Gasteiger partial charge is 0.300 e. The number of hydrogen-bond donors (Lipinski definition) is 1. The Labute approximate surface area is 222 Å². The lowest BCUT2D eigenvalue weighted by Gasteiger charge is -2.28. The molecule has 3 aromatic carbocycles. The Morgan fingerprint density at radius 1 is 0.946 bits per heavy atom. The molecule has 0 spiro atoms. The van der Waals surface area contributed by atoms with Crippen LogP contribution < -0.4 is 14.4 Å². The van der Waals surface area contributed by atoms with Crippen LogP contribution in [0.5, 0.6) is 11.5 Å². The molecule has 192 valence electrons. The van der Waals surface area contributed by atoms with Crippen LogP contribution in [0.2, 0.25) is 5.02 Å². The first-order chi connectivity index (χ1) is 17.5. The van der Waals surface area contributed by atoms with Gasteiger partial charge in [-0.2, -0.15) is 0 Å². The molecule has 6 nitrogen and oxygen atoms in total. The van der Waals surface area contributed by atoms with Crippen LogP contribution in [0, 0.1) is 6.92 Å². The first-order valence-electron chi connectivity index (χ1n) is 11.9. The first-order valence-corrected chi connectivity index (χ1v) is 12.3. The zero-order valence-electron chi connectivity index (χ0n) is 21.8. The molecule has 1 amide bonds. The Kier molecular flexibility index (Phi) is 7.07. The van der Waals surface area contributed by atoms with E-state index in [0.717, 1.165) is 11.1 Å². The molecule has 1 atom stereocenters. The van der Waals surface area contributed by atoms with Crippen LogP contribution in [0.1, 0.15) is 49.1 Å². The fourth-order valence-electron chi connectivity index (χ4n) is 4.59. The highest BCUT2D eigenvalue weighted by molar-refractivity contribution is 6.52. The Morgan fingerprint density at radius 3 is 2.19 bits per heavy atom. The maximum absolute atomic E-state index is 13.5. The molecule has 1 saturated heterocycles. The minimum Gasteiger partial charge on any atom is -0.507 e. The summed E-state index contributed by atoms with van der Waals surface area (Å²) in [6.07, 6.45) is 0. The average molecular weight is 520 g/mol. The summed E-state index contributed by atoms with van der Waals surface area (Å²) in [5.41, 5.74) is 3.24. The molecule has 0 radical (unpaired) electrons. The fourth-order valence-corrected chi connectivity index (χ4v) is 4.82. The van der Waals surface area contributed by atoms with Gasteiger partial charge in [0.05, 0.1) is 31.4 Å². The number of ketones is 1. The van der Waals surface area contributed by atoms with Crippen molar-refractivity contribution in [2.45, 2.75) is 39.2 Å². The predicted molar refractivity (Wildman–Crippen MR) is 146 cm³/mol. The molecular weight excluding hydrogens is 490 g/mol. The SMILES string of the molecule is COc1ccc(/C(O)=C2/C(=O)C(=O)N(c3ccc(Cl)cc3C)C2c2ccc(C(C)(C)C)cc2)c(OC)c1. The van der Waals surface area contributed by atoms with Crippen molar-refractivity contribution in [1.29, 1.82) is 0 Å². The number of nitrogens with zero attached hydrogens (tertiary/aromatic N) is 1. The number of rotatable bonds is 5. The largest absolute Gasteiger partial charge is 0.507 e. The number of Topliss-reactive ketones (excluding diaryl/α,β-unsaturated/α-hetero) is 1. The molecule has 0 saturated carbocycles. The van der Waals surface area contributed by atoms with E-state index in [1.807, 2.05) is 31.2 Å². The number of carbonyl (C=O) groups excluding carboxylic acids is 2. The van der Waals surface area contributed by atoms with E-state index in [1.54, 1.807) is 36.4 Å². The van der Waals surface area contributed by atoms with Crippen LogP contribution in [0.25, 0.3) is 5.76 Å². The topological polar surface area (TPSA) is 76.1 Å². The molecule has 1 aliphatic heterocycles. The van der Waals surface area contributed by atoms with Gasteiger partial charge in [-0.15, -0.1) is 0 Å². The Hall–Kier alpha value is -3.77. The second kappa shape index (κ2) is 9.94. The lowest BCUT2D eigenvalue weighted by molar-refractivity contribution is -0.132. The van der Waals surface area contributed by atoms with Crippen molar-refractivity contribution in [3.8, 4) is 11.5 Å². The molecule has 0 aromatic heterocycles. The monoisotopic (exact) mass is 519 g/mol. The van der Waals surface area contributed by atoms with Crippen molar-refractivity contribution < 1.29 is 24.2 Å². The third-order valence-electron chi connectivity index (χ3n) is 6.62. The number of aliphatic hydroxyl groups excluding tert-OH is 1. The lowest BCUT2D eigenvalue weighted by atomic mass is 9.85. The highest BCUT2D eigenvalue weighted by Gasteiger charge is 2.47. The summed E-state index contributed by atoms with van der Waals surface area (Å²) in [6.45, 7) is 8.16. The van der Waals surface area contributed by atoms with Gasteiger partial charge < -0.3 is 14.6 Å².